The molecule has 7 heteroatoms. The molecule has 1 saturated carbocycles. The molecular weight excluding hydrogens is 474 g/mol. The predicted molar refractivity (Wildman–Crippen MR) is 136 cm³/mol. The number of benzene rings is 1. The van der Waals surface area contributed by atoms with Gasteiger partial charge in [-0.1, -0.05) is 56.0 Å². The molecule has 0 unspecified atom stereocenters. The Bertz CT molecular complexity index is 1040. The molecule has 2 bridgehead atoms. The maximum atomic E-state index is 13.9. The van der Waals surface area contributed by atoms with Crippen LogP contribution in [0.15, 0.2) is 48.7 Å². The summed E-state index contributed by atoms with van der Waals surface area (Å²) in [5, 5.41) is 2.97. The highest BCUT2D eigenvalue weighted by Gasteiger charge is 2.51. The number of carbonyl (C=O) groups excluding carboxylic acids is 2. The zero-order valence-corrected chi connectivity index (χ0v) is 22.0. The van der Waals surface area contributed by atoms with E-state index in [-0.39, 0.29) is 30.4 Å². The van der Waals surface area contributed by atoms with Crippen molar-refractivity contribution in [2.75, 3.05) is 31.5 Å². The monoisotopic (exact) mass is 511 g/mol. The molecule has 0 radical (unpaired) electrons. The number of piperidine rings is 3. The average Bonchev–Trinajstić information content (AvgIpc) is 3.12. The first-order chi connectivity index (χ1) is 17.0. The Hall–Kier alpha value is -2.44. The molecule has 0 spiro atoms. The highest BCUT2D eigenvalue weighted by molar-refractivity contribution is 5.90. The summed E-state index contributed by atoms with van der Waals surface area (Å²) in [7, 11) is 0. The second-order valence-corrected chi connectivity index (χ2v) is 11.0. The number of carbonyl (C=O) groups is 2. The maximum Gasteiger partial charge on any atom is 0.317 e. The van der Waals surface area contributed by atoms with Crippen molar-refractivity contribution in [1.29, 1.82) is 0 Å². The minimum Gasteiger partial charge on any atom is -1.00 e. The van der Waals surface area contributed by atoms with Crippen LogP contribution in [-0.4, -0.2) is 53.6 Å². The first-order valence-electron chi connectivity index (χ1n) is 13.3. The van der Waals surface area contributed by atoms with E-state index in [2.05, 4.69) is 22.4 Å². The van der Waals surface area contributed by atoms with E-state index in [1.165, 1.54) is 12.8 Å². The van der Waals surface area contributed by atoms with Gasteiger partial charge in [0.15, 0.2) is 12.6 Å². The molecule has 1 aliphatic carbocycles. The molecule has 6 rings (SSSR count). The lowest BCUT2D eigenvalue weighted by Crippen LogP contribution is -3.00. The lowest BCUT2D eigenvalue weighted by Gasteiger charge is -2.52. The van der Waals surface area contributed by atoms with E-state index >= 15 is 0 Å². The molecule has 36 heavy (non-hydrogen) atoms. The van der Waals surface area contributed by atoms with E-state index < -0.39 is 5.41 Å². The van der Waals surface area contributed by atoms with Crippen LogP contribution in [-0.2, 0) is 19.7 Å². The molecule has 4 fully saturated rings. The minimum atomic E-state index is -0.539. The van der Waals surface area contributed by atoms with E-state index in [0.29, 0.717) is 22.8 Å². The fourth-order valence-corrected chi connectivity index (χ4v) is 6.62. The van der Waals surface area contributed by atoms with Gasteiger partial charge in [0.25, 0.3) is 5.91 Å². The van der Waals surface area contributed by atoms with Gasteiger partial charge >= 0.3 is 5.97 Å². The fourth-order valence-electron chi connectivity index (χ4n) is 6.62. The second kappa shape index (κ2) is 11.3. The van der Waals surface area contributed by atoms with Crippen LogP contribution in [0, 0.1) is 12.8 Å². The molecule has 1 atom stereocenters. The van der Waals surface area contributed by atoms with Crippen molar-refractivity contribution in [3.8, 4) is 0 Å². The minimum absolute atomic E-state index is 0. The van der Waals surface area contributed by atoms with Crippen LogP contribution in [0.4, 0.5) is 5.82 Å². The number of esters is 1. The zero-order chi connectivity index (χ0) is 24.3. The number of nitrogens with one attached hydrogen (secondary N) is 1. The molecule has 1 aromatic carbocycles. The number of anilines is 1. The molecule has 1 N–H and O–H groups in total. The highest BCUT2D eigenvalue weighted by atomic mass is 35.5. The van der Waals surface area contributed by atoms with Gasteiger partial charge in [-0.15, -0.1) is 0 Å². The molecule has 1 aromatic heterocycles. The van der Waals surface area contributed by atoms with Crippen molar-refractivity contribution in [3.05, 3.63) is 59.8 Å². The average molecular weight is 512 g/mol. The van der Waals surface area contributed by atoms with Crippen LogP contribution in [0.2, 0.25) is 0 Å². The van der Waals surface area contributed by atoms with Crippen molar-refractivity contribution in [2.24, 2.45) is 5.92 Å². The van der Waals surface area contributed by atoms with Crippen LogP contribution in [0.3, 0.4) is 0 Å². The van der Waals surface area contributed by atoms with Gasteiger partial charge in [-0.05, 0) is 43.0 Å². The number of nitrogens with zero attached hydrogens (tertiary/aromatic N) is 2. The van der Waals surface area contributed by atoms with Crippen molar-refractivity contribution in [1.82, 2.24) is 4.98 Å². The Kier molecular flexibility index (Phi) is 8.36. The highest BCUT2D eigenvalue weighted by Crippen LogP contribution is 2.42. The molecule has 4 heterocycles. The summed E-state index contributed by atoms with van der Waals surface area (Å²) >= 11 is 0. The number of fused-ring (bicyclic) bond motifs is 3. The quantitative estimate of drug-likeness (QED) is 0.365. The van der Waals surface area contributed by atoms with Gasteiger partial charge in [-0.2, -0.15) is 0 Å². The van der Waals surface area contributed by atoms with Crippen LogP contribution in [0.1, 0.15) is 62.5 Å². The number of hydrogen-bond acceptors (Lipinski definition) is 4. The Balaban J connectivity index is 0.00000304. The summed E-state index contributed by atoms with van der Waals surface area (Å²) in [6.07, 6.45) is 9.82. The van der Waals surface area contributed by atoms with E-state index in [1.54, 1.807) is 6.20 Å². The lowest BCUT2D eigenvalue weighted by atomic mass is 9.74. The van der Waals surface area contributed by atoms with Crippen LogP contribution in [0.25, 0.3) is 0 Å². The molecule has 6 nitrogen and oxygen atoms in total. The third-order valence-electron chi connectivity index (χ3n) is 8.64. The first kappa shape index (κ1) is 26.6. The van der Waals surface area contributed by atoms with E-state index in [0.717, 1.165) is 69.3 Å². The van der Waals surface area contributed by atoms with Crippen molar-refractivity contribution < 1.29 is 31.2 Å². The topological polar surface area (TPSA) is 68.3 Å². The van der Waals surface area contributed by atoms with Crippen molar-refractivity contribution in [2.45, 2.75) is 69.8 Å². The fraction of sp³-hybridized carbons (Fsp3) is 0.552. The third kappa shape index (κ3) is 5.60. The van der Waals surface area contributed by atoms with Gasteiger partial charge in [0.1, 0.15) is 12.4 Å². The number of rotatable bonds is 6. The Morgan fingerprint density at radius 1 is 1.06 bits per heavy atom. The van der Waals surface area contributed by atoms with Gasteiger partial charge in [0, 0.05) is 25.0 Å². The molecule has 1 amide bonds. The number of aromatic nitrogens is 1. The summed E-state index contributed by atoms with van der Waals surface area (Å²) in [6.45, 7) is 5.06. The van der Waals surface area contributed by atoms with Crippen LogP contribution in [0.5, 0.6) is 0 Å². The summed E-state index contributed by atoms with van der Waals surface area (Å²) in [5.74, 6) is 0.939. The number of quaternary nitrogens is 1. The molecule has 3 saturated heterocycles. The van der Waals surface area contributed by atoms with Crippen LogP contribution >= 0.6 is 0 Å². The standard InChI is InChI=1S/C29H37N3O3.ClH/c1-22-11-16-30-26(19-22)31-27(33)21-32-17-12-23(13-18-32)25(20-32)35-28(34)29(14-7-2-3-8-15-29)24-9-5-4-6-10-24;/h4-6,9-11,16,19,23,25H,2-3,7-8,12-15,17-18,20-21H2,1H3;1H/t23?,25-,32?;/m0./s1. The van der Waals surface area contributed by atoms with Gasteiger partial charge in [0.2, 0.25) is 0 Å². The van der Waals surface area contributed by atoms with E-state index in [4.69, 9.17) is 4.74 Å². The Morgan fingerprint density at radius 3 is 2.42 bits per heavy atom. The smallest absolute Gasteiger partial charge is 0.317 e. The van der Waals surface area contributed by atoms with Gasteiger partial charge in [-0.25, -0.2) is 4.98 Å². The molecule has 4 aliphatic rings. The number of amides is 1. The second-order valence-electron chi connectivity index (χ2n) is 11.0. The summed E-state index contributed by atoms with van der Waals surface area (Å²) in [5.41, 5.74) is 1.63. The third-order valence-corrected chi connectivity index (χ3v) is 8.64. The Labute approximate surface area is 220 Å². The number of aryl methyl sites for hydroxylation is 1. The SMILES string of the molecule is Cc1ccnc(NC(=O)C[N+]23CCC(CC2)[C@@H](OC(=O)C2(c4ccccc4)CCCCCC2)C3)c1.[Cl-]. The molecule has 194 valence electrons. The van der Waals surface area contributed by atoms with E-state index in [1.807, 2.05) is 37.3 Å². The normalized spacial score (nSPS) is 26.8. The molecular formula is C29H38ClN3O3. The number of pyridine rings is 1. The predicted octanol–water partition coefficient (Wildman–Crippen LogP) is 1.78. The Morgan fingerprint density at radius 2 is 1.75 bits per heavy atom. The van der Waals surface area contributed by atoms with E-state index in [9.17, 15) is 9.59 Å². The van der Waals surface area contributed by atoms with Crippen molar-refractivity contribution >= 4 is 17.7 Å². The first-order valence-corrected chi connectivity index (χ1v) is 13.3. The van der Waals surface area contributed by atoms with Crippen LogP contribution < -0.4 is 17.7 Å². The maximum absolute atomic E-state index is 13.9. The number of ether oxygens (including phenoxy) is 1. The lowest BCUT2D eigenvalue weighted by molar-refractivity contribution is -0.939. The van der Waals surface area contributed by atoms with Crippen molar-refractivity contribution in [3.63, 3.8) is 0 Å². The van der Waals surface area contributed by atoms with Gasteiger partial charge in [-0.3, -0.25) is 9.59 Å². The molecule has 3 aliphatic heterocycles. The van der Waals surface area contributed by atoms with Gasteiger partial charge < -0.3 is 26.9 Å². The number of hydrogen-bond donors (Lipinski definition) is 1. The number of halogens is 1. The molecule has 2 aromatic rings. The largest absolute Gasteiger partial charge is 1.00 e. The summed E-state index contributed by atoms with van der Waals surface area (Å²) in [6, 6.07) is 14.1. The summed E-state index contributed by atoms with van der Waals surface area (Å²) < 4.78 is 7.12. The zero-order valence-electron chi connectivity index (χ0n) is 21.3. The van der Waals surface area contributed by atoms with Gasteiger partial charge in [0.05, 0.1) is 18.5 Å². The summed E-state index contributed by atoms with van der Waals surface area (Å²) in [4.78, 5) is 31.1.